The number of fused-ring (bicyclic) bond motifs is 2. The molecule has 0 saturated carbocycles. The molecule has 1 aromatic carbocycles. The molecule has 2 heterocycles. The summed E-state index contributed by atoms with van der Waals surface area (Å²) in [5, 5.41) is 9.03. The number of aliphatic hydroxyl groups is 1. The average Bonchev–Trinajstić information content (AvgIpc) is 2.70. The third-order valence-electron chi connectivity index (χ3n) is 5.35. The number of carbonyl (C=O) groups is 2. The van der Waals surface area contributed by atoms with Crippen LogP contribution in [-0.4, -0.2) is 66.7 Å². The van der Waals surface area contributed by atoms with Crippen LogP contribution < -0.4 is 0 Å². The molecule has 2 unspecified atom stereocenters. The van der Waals surface area contributed by atoms with Gasteiger partial charge in [0, 0.05) is 6.61 Å². The molecule has 2 atom stereocenters. The number of nitrogens with zero attached hydrogens (tertiary/aromatic N) is 1. The normalized spacial score (nSPS) is 21.4. The highest BCUT2D eigenvalue weighted by Gasteiger charge is 2.46. The second-order valence-electron chi connectivity index (χ2n) is 8.71. The van der Waals surface area contributed by atoms with Gasteiger partial charge in [0.05, 0.1) is 38.0 Å². The van der Waals surface area contributed by atoms with E-state index < -0.39 is 23.7 Å². The Hall–Kier alpha value is -2.38. The highest BCUT2D eigenvalue weighted by molar-refractivity contribution is 6.00. The van der Waals surface area contributed by atoms with Gasteiger partial charge in [0.15, 0.2) is 0 Å². The minimum absolute atomic E-state index is 0.156. The molecule has 1 amide bonds. The third kappa shape index (κ3) is 4.84. The van der Waals surface area contributed by atoms with Crippen molar-refractivity contribution >= 4 is 17.6 Å². The summed E-state index contributed by atoms with van der Waals surface area (Å²) in [6.45, 7) is 6.23. The maximum atomic E-state index is 12.9. The van der Waals surface area contributed by atoms with Crippen LogP contribution in [0.15, 0.2) is 29.8 Å². The zero-order valence-electron chi connectivity index (χ0n) is 18.1. The molecule has 3 rings (SSSR count). The molecule has 0 aromatic heterocycles. The molecule has 1 aromatic rings. The Balaban J connectivity index is 1.98. The molecule has 2 aliphatic rings. The lowest BCUT2D eigenvalue weighted by Gasteiger charge is -2.46. The van der Waals surface area contributed by atoms with Crippen molar-refractivity contribution in [3.63, 3.8) is 0 Å². The summed E-state index contributed by atoms with van der Waals surface area (Å²) in [4.78, 5) is 27.3. The average molecular weight is 418 g/mol. The largest absolute Gasteiger partial charge is 0.466 e. The second-order valence-corrected chi connectivity index (χ2v) is 8.71. The Bertz CT molecular complexity index is 808. The van der Waals surface area contributed by atoms with Gasteiger partial charge >= 0.3 is 12.1 Å². The van der Waals surface area contributed by atoms with Crippen molar-refractivity contribution in [2.45, 2.75) is 57.7 Å². The minimum atomic E-state index is -0.633. The lowest BCUT2D eigenvalue weighted by Crippen LogP contribution is -2.59. The SMILES string of the molecule is COC(=O)C1=C(c2ccc(CCCO)cc2)CC2COCC1N2C(=O)OC(C)(C)C. The quantitative estimate of drug-likeness (QED) is 0.742. The number of rotatable bonds is 5. The van der Waals surface area contributed by atoms with Crippen molar-refractivity contribution in [2.24, 2.45) is 0 Å². The summed E-state index contributed by atoms with van der Waals surface area (Å²) in [5.41, 5.74) is 2.76. The number of hydrogen-bond donors (Lipinski definition) is 1. The zero-order chi connectivity index (χ0) is 21.9. The van der Waals surface area contributed by atoms with Crippen LogP contribution in [-0.2, 0) is 25.4 Å². The molecule has 7 heteroatoms. The van der Waals surface area contributed by atoms with Gasteiger partial charge in [0.25, 0.3) is 0 Å². The fourth-order valence-corrected chi connectivity index (χ4v) is 4.05. The first-order chi connectivity index (χ1) is 14.2. The van der Waals surface area contributed by atoms with Crippen molar-refractivity contribution < 1.29 is 28.9 Å². The first-order valence-electron chi connectivity index (χ1n) is 10.4. The van der Waals surface area contributed by atoms with Gasteiger partial charge in [-0.25, -0.2) is 9.59 Å². The lowest BCUT2D eigenvalue weighted by molar-refractivity contribution is -0.138. The molecule has 0 aliphatic carbocycles. The van der Waals surface area contributed by atoms with Gasteiger partial charge in [-0.05, 0) is 56.7 Å². The van der Waals surface area contributed by atoms with E-state index >= 15 is 0 Å². The van der Waals surface area contributed by atoms with Gasteiger partial charge in [-0.15, -0.1) is 0 Å². The Morgan fingerprint density at radius 3 is 2.50 bits per heavy atom. The first-order valence-corrected chi connectivity index (χ1v) is 10.4. The van der Waals surface area contributed by atoms with E-state index in [1.165, 1.54) is 7.11 Å². The summed E-state index contributed by atoms with van der Waals surface area (Å²) in [7, 11) is 1.35. The van der Waals surface area contributed by atoms with Crippen LogP contribution >= 0.6 is 0 Å². The number of benzene rings is 1. The van der Waals surface area contributed by atoms with Crippen LogP contribution in [0.4, 0.5) is 4.79 Å². The van der Waals surface area contributed by atoms with Gasteiger partial charge in [-0.2, -0.15) is 0 Å². The number of amides is 1. The summed E-state index contributed by atoms with van der Waals surface area (Å²) >= 11 is 0. The number of esters is 1. The van der Waals surface area contributed by atoms with Gasteiger partial charge in [-0.1, -0.05) is 24.3 Å². The van der Waals surface area contributed by atoms with Crippen molar-refractivity contribution in [1.29, 1.82) is 0 Å². The van der Waals surface area contributed by atoms with E-state index in [1.807, 2.05) is 45.0 Å². The molecule has 1 fully saturated rings. The molecule has 1 saturated heterocycles. The Morgan fingerprint density at radius 2 is 1.90 bits per heavy atom. The molecule has 0 radical (unpaired) electrons. The number of ether oxygens (including phenoxy) is 3. The summed E-state index contributed by atoms with van der Waals surface area (Å²) in [5.74, 6) is -0.461. The van der Waals surface area contributed by atoms with Crippen molar-refractivity contribution in [1.82, 2.24) is 4.90 Å². The van der Waals surface area contributed by atoms with Crippen LogP contribution in [0.1, 0.15) is 44.7 Å². The Morgan fingerprint density at radius 1 is 1.20 bits per heavy atom. The molecule has 30 heavy (non-hydrogen) atoms. The van der Waals surface area contributed by atoms with Crippen molar-refractivity contribution in [3.05, 3.63) is 41.0 Å². The van der Waals surface area contributed by atoms with E-state index in [-0.39, 0.29) is 19.3 Å². The van der Waals surface area contributed by atoms with Crippen LogP contribution in [0.25, 0.3) is 5.57 Å². The zero-order valence-corrected chi connectivity index (χ0v) is 18.1. The summed E-state index contributed by atoms with van der Waals surface area (Å²) in [6, 6.07) is 7.24. The molecule has 164 valence electrons. The molecule has 2 bridgehead atoms. The highest BCUT2D eigenvalue weighted by atomic mass is 16.6. The number of morpholine rings is 1. The van der Waals surface area contributed by atoms with Gasteiger partial charge < -0.3 is 19.3 Å². The Labute approximate surface area is 177 Å². The predicted molar refractivity (Wildman–Crippen MR) is 112 cm³/mol. The topological polar surface area (TPSA) is 85.3 Å². The molecular formula is C23H31NO6. The minimum Gasteiger partial charge on any atom is -0.466 e. The van der Waals surface area contributed by atoms with Crippen molar-refractivity contribution in [2.75, 3.05) is 26.9 Å². The van der Waals surface area contributed by atoms with Gasteiger partial charge in [0.2, 0.25) is 0 Å². The third-order valence-corrected chi connectivity index (χ3v) is 5.35. The first kappa shape index (κ1) is 22.3. The van der Waals surface area contributed by atoms with E-state index in [0.717, 1.165) is 23.1 Å². The lowest BCUT2D eigenvalue weighted by atomic mass is 9.83. The van der Waals surface area contributed by atoms with Gasteiger partial charge in [-0.3, -0.25) is 4.90 Å². The molecule has 2 aliphatic heterocycles. The van der Waals surface area contributed by atoms with Crippen LogP contribution in [0.2, 0.25) is 0 Å². The van der Waals surface area contributed by atoms with E-state index in [0.29, 0.717) is 25.0 Å². The fraction of sp³-hybridized carbons (Fsp3) is 0.565. The maximum absolute atomic E-state index is 12.9. The van der Waals surface area contributed by atoms with E-state index in [2.05, 4.69) is 0 Å². The number of aryl methyl sites for hydroxylation is 1. The van der Waals surface area contributed by atoms with Gasteiger partial charge in [0.1, 0.15) is 5.60 Å². The van der Waals surface area contributed by atoms with Crippen molar-refractivity contribution in [3.8, 4) is 0 Å². The summed E-state index contributed by atoms with van der Waals surface area (Å²) < 4.78 is 16.4. The Kier molecular flexibility index (Phi) is 6.83. The molecular weight excluding hydrogens is 386 g/mol. The summed E-state index contributed by atoms with van der Waals surface area (Å²) in [6.07, 6.45) is 1.55. The van der Waals surface area contributed by atoms with Crippen LogP contribution in [0, 0.1) is 0 Å². The van der Waals surface area contributed by atoms with Crippen LogP contribution in [0.5, 0.6) is 0 Å². The molecule has 0 spiro atoms. The predicted octanol–water partition coefficient (Wildman–Crippen LogP) is 2.95. The number of methoxy groups -OCH3 is 1. The standard InChI is InChI=1S/C23H31NO6/c1-23(2,3)30-22(27)24-17-12-18(16-9-7-15(8-10-16)6-5-11-25)20(21(26)28-4)19(24)14-29-13-17/h7-10,17,19,25H,5-6,11-14H2,1-4H3. The smallest absolute Gasteiger partial charge is 0.411 e. The van der Waals surface area contributed by atoms with E-state index in [1.54, 1.807) is 4.90 Å². The highest BCUT2D eigenvalue weighted by Crippen LogP contribution is 2.39. The number of carbonyl (C=O) groups excluding carboxylic acids is 2. The number of aliphatic hydroxyl groups excluding tert-OH is 1. The van der Waals surface area contributed by atoms with E-state index in [4.69, 9.17) is 19.3 Å². The number of hydrogen-bond acceptors (Lipinski definition) is 6. The second kappa shape index (κ2) is 9.18. The van der Waals surface area contributed by atoms with E-state index in [9.17, 15) is 9.59 Å². The van der Waals surface area contributed by atoms with Crippen LogP contribution in [0.3, 0.4) is 0 Å². The monoisotopic (exact) mass is 417 g/mol. The maximum Gasteiger partial charge on any atom is 0.411 e. The fourth-order valence-electron chi connectivity index (χ4n) is 4.05. The molecule has 7 nitrogen and oxygen atoms in total. The molecule has 1 N–H and O–H groups in total.